The molecule has 0 unspecified atom stereocenters. The zero-order valence-corrected chi connectivity index (χ0v) is 8.32. The Balaban J connectivity index is 2.79. The summed E-state index contributed by atoms with van der Waals surface area (Å²) >= 11 is 2.23. The van der Waals surface area contributed by atoms with Crippen molar-refractivity contribution in [2.75, 3.05) is 0 Å². The van der Waals surface area contributed by atoms with Crippen molar-refractivity contribution >= 4 is 33.5 Å². The van der Waals surface area contributed by atoms with E-state index in [1.54, 1.807) is 6.07 Å². The first-order chi connectivity index (χ1) is 5.75. The quantitative estimate of drug-likeness (QED) is 0.747. The Kier molecular flexibility index (Phi) is 1.88. The molecule has 0 aliphatic carbocycles. The number of benzene rings is 1. The summed E-state index contributed by atoms with van der Waals surface area (Å²) in [7, 11) is 0. The number of aromatic nitrogens is 1. The second-order valence-electron chi connectivity index (χ2n) is 2.53. The maximum atomic E-state index is 9.14. The average molecular weight is 271 g/mol. The molecule has 0 saturated heterocycles. The number of hydrogen-bond donors (Lipinski definition) is 1. The highest BCUT2D eigenvalue weighted by Crippen LogP contribution is 2.18. The number of halogens is 1. The Hall–Kier alpha value is -0.840. The molecule has 0 radical (unpaired) electrons. The van der Waals surface area contributed by atoms with Crippen LogP contribution in [0.15, 0.2) is 30.5 Å². The topological polar surface area (TPSA) is 33.1 Å². The fraction of sp³-hybridized carbons (Fsp3) is 0. The molecule has 3 heteroatoms. The van der Waals surface area contributed by atoms with Crippen LogP contribution in [0.1, 0.15) is 0 Å². The highest BCUT2D eigenvalue weighted by Gasteiger charge is 1.96. The summed E-state index contributed by atoms with van der Waals surface area (Å²) in [4.78, 5) is 4.09. The van der Waals surface area contributed by atoms with Gasteiger partial charge in [0.2, 0.25) is 0 Å². The first-order valence-corrected chi connectivity index (χ1v) is 4.58. The van der Waals surface area contributed by atoms with E-state index in [0.29, 0.717) is 0 Å². The smallest absolute Gasteiger partial charge is 0.134 e. The summed E-state index contributed by atoms with van der Waals surface area (Å²) in [6.45, 7) is 0. The molecule has 0 amide bonds. The van der Waals surface area contributed by atoms with Gasteiger partial charge in [-0.2, -0.15) is 0 Å². The number of rotatable bonds is 0. The molecule has 0 aliphatic heterocycles. The third-order valence-electron chi connectivity index (χ3n) is 1.63. The van der Waals surface area contributed by atoms with Crippen molar-refractivity contribution in [3.8, 4) is 5.75 Å². The van der Waals surface area contributed by atoms with E-state index in [2.05, 4.69) is 27.6 Å². The van der Waals surface area contributed by atoms with E-state index in [1.807, 2.05) is 18.2 Å². The summed E-state index contributed by atoms with van der Waals surface area (Å²) in [5, 5.41) is 10.1. The van der Waals surface area contributed by atoms with E-state index in [1.165, 1.54) is 6.20 Å². The van der Waals surface area contributed by atoms with Gasteiger partial charge in [-0.1, -0.05) is 6.07 Å². The molecular formula is C9H6INO. The van der Waals surface area contributed by atoms with Crippen LogP contribution in [-0.4, -0.2) is 10.1 Å². The van der Waals surface area contributed by atoms with E-state index in [4.69, 9.17) is 5.11 Å². The van der Waals surface area contributed by atoms with Crippen LogP contribution in [0.3, 0.4) is 0 Å². The Morgan fingerprint density at radius 3 is 2.92 bits per heavy atom. The number of pyridine rings is 1. The molecule has 1 aromatic heterocycles. The van der Waals surface area contributed by atoms with Crippen molar-refractivity contribution in [2.45, 2.75) is 0 Å². The largest absolute Gasteiger partial charge is 0.506 e. The van der Waals surface area contributed by atoms with Gasteiger partial charge in [0, 0.05) is 8.96 Å². The van der Waals surface area contributed by atoms with Gasteiger partial charge < -0.3 is 5.11 Å². The van der Waals surface area contributed by atoms with E-state index in [9.17, 15) is 0 Å². The predicted octanol–water partition coefficient (Wildman–Crippen LogP) is 2.55. The zero-order chi connectivity index (χ0) is 8.55. The van der Waals surface area contributed by atoms with Crippen molar-refractivity contribution < 1.29 is 5.11 Å². The Morgan fingerprint density at radius 2 is 2.08 bits per heavy atom. The van der Waals surface area contributed by atoms with Gasteiger partial charge in [0.1, 0.15) is 5.75 Å². The number of fused-ring (bicyclic) bond motifs is 1. The minimum Gasteiger partial charge on any atom is -0.506 e. The second-order valence-corrected chi connectivity index (χ2v) is 3.78. The number of hydrogen-bond acceptors (Lipinski definition) is 2. The molecule has 12 heavy (non-hydrogen) atoms. The fourth-order valence-electron chi connectivity index (χ4n) is 1.08. The van der Waals surface area contributed by atoms with Gasteiger partial charge in [-0.3, -0.25) is 4.98 Å². The van der Waals surface area contributed by atoms with Crippen LogP contribution in [0.5, 0.6) is 5.75 Å². The minimum absolute atomic E-state index is 0.212. The van der Waals surface area contributed by atoms with Gasteiger partial charge in [0.25, 0.3) is 0 Å². The van der Waals surface area contributed by atoms with Crippen LogP contribution in [-0.2, 0) is 0 Å². The number of nitrogens with zero attached hydrogens (tertiary/aromatic N) is 1. The Labute approximate surface area is 83.4 Å². The summed E-state index contributed by atoms with van der Waals surface area (Å²) in [6.07, 6.45) is 1.46. The Morgan fingerprint density at radius 1 is 1.25 bits per heavy atom. The zero-order valence-electron chi connectivity index (χ0n) is 6.16. The molecule has 0 spiro atoms. The lowest BCUT2D eigenvalue weighted by atomic mass is 10.2. The molecule has 1 N–H and O–H groups in total. The van der Waals surface area contributed by atoms with Gasteiger partial charge >= 0.3 is 0 Å². The van der Waals surface area contributed by atoms with E-state index in [-0.39, 0.29) is 5.75 Å². The van der Waals surface area contributed by atoms with Crippen molar-refractivity contribution in [3.05, 3.63) is 34.0 Å². The lowest BCUT2D eigenvalue weighted by Crippen LogP contribution is -1.78. The van der Waals surface area contributed by atoms with Gasteiger partial charge in [0.15, 0.2) is 0 Å². The summed E-state index contributed by atoms with van der Waals surface area (Å²) < 4.78 is 1.15. The monoisotopic (exact) mass is 271 g/mol. The first kappa shape index (κ1) is 7.79. The molecule has 2 nitrogen and oxygen atoms in total. The summed E-state index contributed by atoms with van der Waals surface area (Å²) in [6, 6.07) is 7.63. The lowest BCUT2D eigenvalue weighted by Gasteiger charge is -1.97. The average Bonchev–Trinajstić information content (AvgIpc) is 2.05. The standard InChI is InChI=1S/C9H6INO/c10-7-2-1-6-3-8(12)5-11-9(6)4-7/h1-5,12H. The highest BCUT2D eigenvalue weighted by atomic mass is 127. The molecule has 1 aromatic carbocycles. The second kappa shape index (κ2) is 2.90. The van der Waals surface area contributed by atoms with E-state index < -0.39 is 0 Å². The van der Waals surface area contributed by atoms with Gasteiger partial charge in [-0.15, -0.1) is 0 Å². The van der Waals surface area contributed by atoms with Crippen molar-refractivity contribution in [1.29, 1.82) is 0 Å². The minimum atomic E-state index is 0.212. The Bertz CT molecular complexity index is 387. The van der Waals surface area contributed by atoms with Crippen LogP contribution in [0.4, 0.5) is 0 Å². The number of aromatic hydroxyl groups is 1. The van der Waals surface area contributed by atoms with Gasteiger partial charge in [0.05, 0.1) is 11.7 Å². The molecule has 0 aliphatic rings. The molecule has 0 saturated carbocycles. The van der Waals surface area contributed by atoms with Crippen molar-refractivity contribution in [3.63, 3.8) is 0 Å². The van der Waals surface area contributed by atoms with Crippen molar-refractivity contribution in [2.24, 2.45) is 0 Å². The van der Waals surface area contributed by atoms with Crippen LogP contribution < -0.4 is 0 Å². The van der Waals surface area contributed by atoms with Gasteiger partial charge in [-0.25, -0.2) is 0 Å². The third kappa shape index (κ3) is 1.36. The molecular weight excluding hydrogens is 265 g/mol. The molecule has 0 atom stereocenters. The maximum absolute atomic E-state index is 9.14. The molecule has 0 bridgehead atoms. The van der Waals surface area contributed by atoms with E-state index >= 15 is 0 Å². The molecule has 2 rings (SSSR count). The third-order valence-corrected chi connectivity index (χ3v) is 2.30. The van der Waals surface area contributed by atoms with Crippen LogP contribution in [0.2, 0.25) is 0 Å². The molecule has 0 fully saturated rings. The predicted molar refractivity (Wildman–Crippen MR) is 56.1 cm³/mol. The van der Waals surface area contributed by atoms with Crippen LogP contribution in [0.25, 0.3) is 10.9 Å². The van der Waals surface area contributed by atoms with Crippen LogP contribution >= 0.6 is 22.6 Å². The SMILES string of the molecule is Oc1cnc2cc(I)ccc2c1. The van der Waals surface area contributed by atoms with E-state index in [0.717, 1.165) is 14.5 Å². The molecule has 1 heterocycles. The summed E-state index contributed by atoms with van der Waals surface area (Å²) in [5.74, 6) is 0.212. The maximum Gasteiger partial charge on any atom is 0.134 e. The van der Waals surface area contributed by atoms with Gasteiger partial charge in [-0.05, 0) is 40.8 Å². The normalized spacial score (nSPS) is 10.4. The highest BCUT2D eigenvalue weighted by molar-refractivity contribution is 14.1. The van der Waals surface area contributed by atoms with Crippen molar-refractivity contribution in [1.82, 2.24) is 4.98 Å². The summed E-state index contributed by atoms with van der Waals surface area (Å²) in [5.41, 5.74) is 0.916. The fourth-order valence-corrected chi connectivity index (χ4v) is 1.56. The molecule has 60 valence electrons. The first-order valence-electron chi connectivity index (χ1n) is 3.50. The van der Waals surface area contributed by atoms with Crippen LogP contribution in [0, 0.1) is 3.57 Å². The molecule has 2 aromatic rings. The lowest BCUT2D eigenvalue weighted by molar-refractivity contribution is 0.474.